The summed E-state index contributed by atoms with van der Waals surface area (Å²) >= 11 is 0. The number of nitrogens with one attached hydrogen (secondary N) is 1. The molecule has 0 unspecified atom stereocenters. The molecule has 0 spiro atoms. The summed E-state index contributed by atoms with van der Waals surface area (Å²) in [7, 11) is 0. The zero-order valence-corrected chi connectivity index (χ0v) is 15.5. The molecule has 0 saturated heterocycles. The number of rotatable bonds is 6. The van der Waals surface area contributed by atoms with Gasteiger partial charge in [-0.15, -0.1) is 0 Å². The molecule has 3 aromatic rings. The molecule has 1 N–H and O–H groups in total. The first kappa shape index (κ1) is 19.0. The molecule has 0 aromatic heterocycles. The summed E-state index contributed by atoms with van der Waals surface area (Å²) in [5, 5.41) is 16.9. The number of hydrazone groups is 1. The maximum Gasteiger partial charge on any atom is 0.280 e. The van der Waals surface area contributed by atoms with Crippen LogP contribution in [0.1, 0.15) is 19.4 Å². The van der Waals surface area contributed by atoms with Gasteiger partial charge in [0.15, 0.2) is 6.10 Å². The molecule has 3 rings (SSSR count). The van der Waals surface area contributed by atoms with E-state index in [4.69, 9.17) is 4.74 Å². The molecule has 0 saturated carbocycles. The minimum absolute atomic E-state index is 0.00186. The van der Waals surface area contributed by atoms with E-state index >= 15 is 0 Å². The molecule has 0 fully saturated rings. The van der Waals surface area contributed by atoms with Crippen molar-refractivity contribution in [1.29, 1.82) is 0 Å². The van der Waals surface area contributed by atoms with Crippen molar-refractivity contribution >= 4 is 28.1 Å². The molecule has 0 bridgehead atoms. The first-order valence-electron chi connectivity index (χ1n) is 8.68. The van der Waals surface area contributed by atoms with Gasteiger partial charge in [0.05, 0.1) is 10.6 Å². The number of non-ortho nitro benzene ring substituents is 1. The molecule has 0 aliphatic heterocycles. The summed E-state index contributed by atoms with van der Waals surface area (Å²) in [5.41, 5.74) is 3.67. The Kier molecular flexibility index (Phi) is 5.64. The number of ether oxygens (including phenoxy) is 1. The molecule has 1 amide bonds. The second kappa shape index (κ2) is 8.30. The highest BCUT2D eigenvalue weighted by molar-refractivity contribution is 5.99. The summed E-state index contributed by atoms with van der Waals surface area (Å²) in [6.07, 6.45) is -0.741. The zero-order valence-electron chi connectivity index (χ0n) is 15.5. The molecule has 7 heteroatoms. The lowest BCUT2D eigenvalue weighted by atomic mass is 10.1. The Morgan fingerprint density at radius 1 is 1.07 bits per heavy atom. The highest BCUT2D eigenvalue weighted by Gasteiger charge is 2.14. The maximum absolute atomic E-state index is 12.3. The van der Waals surface area contributed by atoms with Crippen molar-refractivity contribution in [2.75, 3.05) is 0 Å². The fourth-order valence-corrected chi connectivity index (χ4v) is 2.62. The summed E-state index contributed by atoms with van der Waals surface area (Å²) in [6.45, 7) is 3.34. The third-order valence-electron chi connectivity index (χ3n) is 4.23. The molecule has 0 radical (unpaired) electrons. The van der Waals surface area contributed by atoms with E-state index in [0.29, 0.717) is 17.0 Å². The Labute approximate surface area is 161 Å². The smallest absolute Gasteiger partial charge is 0.280 e. The fraction of sp³-hybridized carbons (Fsp3) is 0.143. The van der Waals surface area contributed by atoms with Crippen molar-refractivity contribution in [2.24, 2.45) is 5.10 Å². The predicted molar refractivity (Wildman–Crippen MR) is 107 cm³/mol. The van der Waals surface area contributed by atoms with Crippen molar-refractivity contribution in [3.8, 4) is 5.75 Å². The summed E-state index contributed by atoms with van der Waals surface area (Å²) in [6, 6.07) is 19.5. The van der Waals surface area contributed by atoms with Crippen molar-refractivity contribution in [2.45, 2.75) is 20.0 Å². The molecule has 142 valence electrons. The van der Waals surface area contributed by atoms with E-state index in [1.807, 2.05) is 42.5 Å². The van der Waals surface area contributed by atoms with Crippen LogP contribution in [0.15, 0.2) is 71.8 Å². The molecule has 3 aromatic carbocycles. The highest BCUT2D eigenvalue weighted by atomic mass is 16.6. The van der Waals surface area contributed by atoms with E-state index in [-0.39, 0.29) is 5.69 Å². The Bertz CT molecular complexity index is 1040. The van der Waals surface area contributed by atoms with Crippen LogP contribution in [0.3, 0.4) is 0 Å². The number of carbonyl (C=O) groups excluding carboxylic acids is 1. The number of hydrogen-bond acceptors (Lipinski definition) is 5. The van der Waals surface area contributed by atoms with Crippen LogP contribution in [0.25, 0.3) is 10.8 Å². The van der Waals surface area contributed by atoms with Crippen LogP contribution < -0.4 is 10.2 Å². The summed E-state index contributed by atoms with van der Waals surface area (Å²) < 4.78 is 5.71. The van der Waals surface area contributed by atoms with Crippen LogP contribution in [-0.2, 0) is 4.79 Å². The van der Waals surface area contributed by atoms with Crippen molar-refractivity contribution in [3.63, 3.8) is 0 Å². The number of nitro groups is 1. The van der Waals surface area contributed by atoms with E-state index < -0.39 is 16.9 Å². The number of nitro benzene ring substituents is 1. The van der Waals surface area contributed by atoms with Crippen LogP contribution in [0, 0.1) is 10.1 Å². The van der Waals surface area contributed by atoms with Gasteiger partial charge in [-0.05, 0) is 54.4 Å². The number of fused-ring (bicyclic) bond motifs is 1. The van der Waals surface area contributed by atoms with Crippen LogP contribution in [0.2, 0.25) is 0 Å². The van der Waals surface area contributed by atoms with Crippen LogP contribution in [-0.4, -0.2) is 22.6 Å². The lowest BCUT2D eigenvalue weighted by Gasteiger charge is -2.14. The standard InChI is InChI=1S/C21H19N3O4/c1-14(16-7-10-19(11-8-16)24(26)27)22-23-21(25)15(2)28-20-12-9-17-5-3-4-6-18(17)13-20/h3-13,15H,1-2H3,(H,23,25)/b22-14+/t15-/m0/s1. The highest BCUT2D eigenvalue weighted by Crippen LogP contribution is 2.21. The second-order valence-electron chi connectivity index (χ2n) is 6.25. The Balaban J connectivity index is 1.62. The van der Waals surface area contributed by atoms with E-state index in [9.17, 15) is 14.9 Å². The lowest BCUT2D eigenvalue weighted by Crippen LogP contribution is -2.33. The van der Waals surface area contributed by atoms with Gasteiger partial charge in [-0.1, -0.05) is 30.3 Å². The van der Waals surface area contributed by atoms with E-state index in [1.165, 1.54) is 12.1 Å². The third kappa shape index (κ3) is 4.50. The fourth-order valence-electron chi connectivity index (χ4n) is 2.62. The minimum Gasteiger partial charge on any atom is -0.481 e. The topological polar surface area (TPSA) is 93.8 Å². The molecule has 28 heavy (non-hydrogen) atoms. The Morgan fingerprint density at radius 2 is 1.75 bits per heavy atom. The molecule has 1 atom stereocenters. The van der Waals surface area contributed by atoms with Gasteiger partial charge in [-0.25, -0.2) is 5.43 Å². The summed E-state index contributed by atoms with van der Waals surface area (Å²) in [5.74, 6) is 0.201. The van der Waals surface area contributed by atoms with Gasteiger partial charge in [0.1, 0.15) is 5.75 Å². The minimum atomic E-state index is -0.741. The third-order valence-corrected chi connectivity index (χ3v) is 4.23. The van der Waals surface area contributed by atoms with Gasteiger partial charge in [-0.2, -0.15) is 5.10 Å². The van der Waals surface area contributed by atoms with Crippen LogP contribution in [0.4, 0.5) is 5.69 Å². The molecule has 7 nitrogen and oxygen atoms in total. The van der Waals surface area contributed by atoms with Gasteiger partial charge < -0.3 is 4.74 Å². The first-order valence-corrected chi connectivity index (χ1v) is 8.68. The van der Waals surface area contributed by atoms with Crippen LogP contribution in [0.5, 0.6) is 5.75 Å². The van der Waals surface area contributed by atoms with E-state index in [1.54, 1.807) is 26.0 Å². The monoisotopic (exact) mass is 377 g/mol. The van der Waals surface area contributed by atoms with Gasteiger partial charge in [-0.3, -0.25) is 14.9 Å². The predicted octanol–water partition coefficient (Wildman–Crippen LogP) is 4.06. The summed E-state index contributed by atoms with van der Waals surface area (Å²) in [4.78, 5) is 22.5. The van der Waals surface area contributed by atoms with Crippen molar-refractivity contribution in [3.05, 3.63) is 82.4 Å². The number of amides is 1. The number of benzene rings is 3. The van der Waals surface area contributed by atoms with E-state index in [0.717, 1.165) is 10.8 Å². The maximum atomic E-state index is 12.3. The van der Waals surface area contributed by atoms with Crippen molar-refractivity contribution in [1.82, 2.24) is 5.43 Å². The molecular formula is C21H19N3O4. The van der Waals surface area contributed by atoms with E-state index in [2.05, 4.69) is 10.5 Å². The normalized spacial score (nSPS) is 12.4. The van der Waals surface area contributed by atoms with Crippen molar-refractivity contribution < 1.29 is 14.5 Å². The van der Waals surface area contributed by atoms with Gasteiger partial charge in [0.2, 0.25) is 0 Å². The molecule has 0 aliphatic rings. The number of nitrogens with zero attached hydrogens (tertiary/aromatic N) is 2. The van der Waals surface area contributed by atoms with Gasteiger partial charge in [0, 0.05) is 12.1 Å². The first-order chi connectivity index (χ1) is 13.4. The Hall–Kier alpha value is -3.74. The lowest BCUT2D eigenvalue weighted by molar-refractivity contribution is -0.384. The second-order valence-corrected chi connectivity index (χ2v) is 6.25. The van der Waals surface area contributed by atoms with Gasteiger partial charge >= 0.3 is 0 Å². The molecule has 0 aliphatic carbocycles. The van der Waals surface area contributed by atoms with Gasteiger partial charge in [0.25, 0.3) is 11.6 Å². The Morgan fingerprint density at radius 3 is 2.43 bits per heavy atom. The molecular weight excluding hydrogens is 358 g/mol. The molecule has 0 heterocycles. The number of carbonyl (C=O) groups is 1. The quantitative estimate of drug-likeness (QED) is 0.398. The average Bonchev–Trinajstić information content (AvgIpc) is 2.71. The largest absolute Gasteiger partial charge is 0.481 e. The zero-order chi connectivity index (χ0) is 20.1. The number of hydrogen-bond donors (Lipinski definition) is 1. The van der Waals surface area contributed by atoms with Crippen LogP contribution >= 0.6 is 0 Å². The average molecular weight is 377 g/mol. The SMILES string of the molecule is C/C(=N\NC(=O)[C@H](C)Oc1ccc2ccccc2c1)c1ccc([N+](=O)[O-])cc1.